The smallest absolute Gasteiger partial charge is 0.226 e. The van der Waals surface area contributed by atoms with Crippen LogP contribution in [0.1, 0.15) is 12.0 Å². The number of ether oxygens (including phenoxy) is 1. The molecule has 4 nitrogen and oxygen atoms in total. The van der Waals surface area contributed by atoms with Gasteiger partial charge in [-0.25, -0.2) is 0 Å². The summed E-state index contributed by atoms with van der Waals surface area (Å²) in [6.07, 6.45) is 1.56. The van der Waals surface area contributed by atoms with Crippen LogP contribution in [-0.4, -0.2) is 44.6 Å². The summed E-state index contributed by atoms with van der Waals surface area (Å²) in [4.78, 5) is 14.1. The second-order valence-corrected chi connectivity index (χ2v) is 5.12. The standard InChI is InChI=1S/C15H22N2O2/c1-17(11-12-7-8-16-10-12)15(18)9-13-5-3-4-6-14(13)19-2/h3-6,12,16H,7-11H2,1-2H3. The molecular weight excluding hydrogens is 240 g/mol. The van der Waals surface area contributed by atoms with Crippen LogP contribution >= 0.6 is 0 Å². The second kappa shape index (κ2) is 6.57. The number of para-hydroxylation sites is 1. The van der Waals surface area contributed by atoms with Gasteiger partial charge < -0.3 is 15.0 Å². The first kappa shape index (κ1) is 13.9. The van der Waals surface area contributed by atoms with E-state index in [2.05, 4.69) is 5.32 Å². The molecule has 1 aromatic rings. The van der Waals surface area contributed by atoms with E-state index in [0.717, 1.165) is 37.4 Å². The maximum atomic E-state index is 12.2. The van der Waals surface area contributed by atoms with Gasteiger partial charge in [-0.15, -0.1) is 0 Å². The van der Waals surface area contributed by atoms with E-state index in [1.54, 1.807) is 7.11 Å². The van der Waals surface area contributed by atoms with Crippen molar-refractivity contribution in [3.05, 3.63) is 29.8 Å². The SMILES string of the molecule is COc1ccccc1CC(=O)N(C)CC1CCNC1. The number of likely N-dealkylation sites (N-methyl/N-ethyl adjacent to an activating group) is 1. The van der Waals surface area contributed by atoms with Crippen LogP contribution < -0.4 is 10.1 Å². The largest absolute Gasteiger partial charge is 0.496 e. The lowest BCUT2D eigenvalue weighted by Crippen LogP contribution is -2.33. The minimum Gasteiger partial charge on any atom is -0.496 e. The van der Waals surface area contributed by atoms with Crippen LogP contribution in [0.15, 0.2) is 24.3 Å². The zero-order valence-corrected chi connectivity index (χ0v) is 11.7. The van der Waals surface area contributed by atoms with Crippen LogP contribution in [0.5, 0.6) is 5.75 Å². The van der Waals surface area contributed by atoms with Crippen molar-refractivity contribution >= 4 is 5.91 Å². The molecule has 0 saturated carbocycles. The number of rotatable bonds is 5. The minimum absolute atomic E-state index is 0.149. The van der Waals surface area contributed by atoms with Gasteiger partial charge in [0.25, 0.3) is 0 Å². The molecule has 1 aliphatic heterocycles. The number of hydrogen-bond donors (Lipinski definition) is 1. The average molecular weight is 262 g/mol. The van der Waals surface area contributed by atoms with Gasteiger partial charge in [0, 0.05) is 19.2 Å². The molecule has 1 heterocycles. The molecule has 0 spiro atoms. The van der Waals surface area contributed by atoms with Crippen LogP contribution in [0.2, 0.25) is 0 Å². The van der Waals surface area contributed by atoms with Crippen LogP contribution in [0.25, 0.3) is 0 Å². The predicted molar refractivity (Wildman–Crippen MR) is 75.3 cm³/mol. The van der Waals surface area contributed by atoms with Crippen LogP contribution in [-0.2, 0) is 11.2 Å². The number of hydrogen-bond acceptors (Lipinski definition) is 3. The molecule has 19 heavy (non-hydrogen) atoms. The van der Waals surface area contributed by atoms with E-state index in [1.807, 2.05) is 36.2 Å². The Morgan fingerprint density at radius 3 is 2.95 bits per heavy atom. The van der Waals surface area contributed by atoms with Crippen molar-refractivity contribution in [3.63, 3.8) is 0 Å². The molecule has 104 valence electrons. The maximum absolute atomic E-state index is 12.2. The Hall–Kier alpha value is -1.55. The van der Waals surface area contributed by atoms with Crippen molar-refractivity contribution in [3.8, 4) is 5.75 Å². The van der Waals surface area contributed by atoms with Crippen LogP contribution in [0, 0.1) is 5.92 Å². The Balaban J connectivity index is 1.92. The second-order valence-electron chi connectivity index (χ2n) is 5.12. The van der Waals surface area contributed by atoms with Gasteiger partial charge in [0.2, 0.25) is 5.91 Å². The van der Waals surface area contributed by atoms with Crippen molar-refractivity contribution in [1.82, 2.24) is 10.2 Å². The Bertz CT molecular complexity index is 428. The number of nitrogens with one attached hydrogen (secondary N) is 1. The summed E-state index contributed by atoms with van der Waals surface area (Å²) in [5.74, 6) is 1.52. The quantitative estimate of drug-likeness (QED) is 0.870. The third-order valence-electron chi connectivity index (χ3n) is 3.65. The van der Waals surface area contributed by atoms with E-state index < -0.39 is 0 Å². The van der Waals surface area contributed by atoms with E-state index in [0.29, 0.717) is 12.3 Å². The van der Waals surface area contributed by atoms with Gasteiger partial charge >= 0.3 is 0 Å². The van der Waals surface area contributed by atoms with Crippen LogP contribution in [0.4, 0.5) is 0 Å². The van der Waals surface area contributed by atoms with Crippen molar-refractivity contribution in [2.75, 3.05) is 33.8 Å². The fraction of sp³-hybridized carbons (Fsp3) is 0.533. The van der Waals surface area contributed by atoms with Gasteiger partial charge in [0.1, 0.15) is 5.75 Å². The summed E-state index contributed by atoms with van der Waals surface area (Å²) in [5.41, 5.74) is 0.950. The number of carbonyl (C=O) groups excluding carboxylic acids is 1. The minimum atomic E-state index is 0.149. The van der Waals surface area contributed by atoms with Crippen LogP contribution in [0.3, 0.4) is 0 Å². The first-order chi connectivity index (χ1) is 9.20. The normalized spacial score (nSPS) is 18.3. The fourth-order valence-electron chi connectivity index (χ4n) is 2.51. The molecule has 1 unspecified atom stereocenters. The molecule has 0 aliphatic carbocycles. The highest BCUT2D eigenvalue weighted by molar-refractivity contribution is 5.79. The first-order valence-electron chi connectivity index (χ1n) is 6.77. The number of amides is 1. The van der Waals surface area contributed by atoms with Gasteiger partial charge in [-0.05, 0) is 31.5 Å². The highest BCUT2D eigenvalue weighted by atomic mass is 16.5. The fourth-order valence-corrected chi connectivity index (χ4v) is 2.51. The number of nitrogens with zero attached hydrogens (tertiary/aromatic N) is 1. The molecule has 1 aliphatic rings. The van der Waals surface area contributed by atoms with Gasteiger partial charge in [0.15, 0.2) is 0 Å². The Morgan fingerprint density at radius 2 is 2.26 bits per heavy atom. The van der Waals surface area contributed by atoms with E-state index in [1.165, 1.54) is 0 Å². The summed E-state index contributed by atoms with van der Waals surface area (Å²) < 4.78 is 5.28. The predicted octanol–water partition coefficient (Wildman–Crippen LogP) is 1.31. The van der Waals surface area contributed by atoms with Gasteiger partial charge in [-0.1, -0.05) is 18.2 Å². The lowest BCUT2D eigenvalue weighted by Gasteiger charge is -2.21. The summed E-state index contributed by atoms with van der Waals surface area (Å²) in [6.45, 7) is 2.92. The summed E-state index contributed by atoms with van der Waals surface area (Å²) in [6, 6.07) is 7.69. The third kappa shape index (κ3) is 3.70. The van der Waals surface area contributed by atoms with Gasteiger partial charge in [-0.3, -0.25) is 4.79 Å². The third-order valence-corrected chi connectivity index (χ3v) is 3.65. The van der Waals surface area contributed by atoms with E-state index in [9.17, 15) is 4.79 Å². The zero-order chi connectivity index (χ0) is 13.7. The molecular formula is C15H22N2O2. The number of benzene rings is 1. The molecule has 1 aromatic carbocycles. The average Bonchev–Trinajstić information content (AvgIpc) is 2.92. The highest BCUT2D eigenvalue weighted by Gasteiger charge is 2.19. The number of methoxy groups -OCH3 is 1. The molecule has 1 fully saturated rings. The summed E-state index contributed by atoms with van der Waals surface area (Å²) in [5, 5.41) is 3.33. The Kier molecular flexibility index (Phi) is 4.80. The number of carbonyl (C=O) groups is 1. The van der Waals surface area contributed by atoms with Gasteiger partial charge in [0.05, 0.1) is 13.5 Å². The Morgan fingerprint density at radius 1 is 1.47 bits per heavy atom. The molecule has 4 heteroatoms. The monoisotopic (exact) mass is 262 g/mol. The van der Waals surface area contributed by atoms with Crippen molar-refractivity contribution in [1.29, 1.82) is 0 Å². The molecule has 0 bridgehead atoms. The zero-order valence-electron chi connectivity index (χ0n) is 11.7. The molecule has 0 aromatic heterocycles. The van der Waals surface area contributed by atoms with Crippen molar-refractivity contribution in [2.24, 2.45) is 5.92 Å². The molecule has 1 atom stereocenters. The maximum Gasteiger partial charge on any atom is 0.226 e. The van der Waals surface area contributed by atoms with E-state index in [4.69, 9.17) is 4.74 Å². The van der Waals surface area contributed by atoms with Crippen molar-refractivity contribution < 1.29 is 9.53 Å². The molecule has 1 amide bonds. The first-order valence-corrected chi connectivity index (χ1v) is 6.77. The van der Waals surface area contributed by atoms with Crippen molar-refractivity contribution in [2.45, 2.75) is 12.8 Å². The van der Waals surface area contributed by atoms with E-state index in [-0.39, 0.29) is 5.91 Å². The topological polar surface area (TPSA) is 41.6 Å². The molecule has 1 saturated heterocycles. The van der Waals surface area contributed by atoms with E-state index >= 15 is 0 Å². The molecule has 2 rings (SSSR count). The molecule has 1 N–H and O–H groups in total. The highest BCUT2D eigenvalue weighted by Crippen LogP contribution is 2.18. The lowest BCUT2D eigenvalue weighted by atomic mass is 10.1. The summed E-state index contributed by atoms with van der Waals surface area (Å²) >= 11 is 0. The summed E-state index contributed by atoms with van der Waals surface area (Å²) in [7, 11) is 3.52. The lowest BCUT2D eigenvalue weighted by molar-refractivity contribution is -0.129. The van der Waals surface area contributed by atoms with Gasteiger partial charge in [-0.2, -0.15) is 0 Å². The molecule has 0 radical (unpaired) electrons. The Labute approximate surface area is 114 Å².